The molecule has 0 fully saturated rings. The maximum absolute atomic E-state index is 12.0. The van der Waals surface area contributed by atoms with E-state index in [1.807, 2.05) is 19.9 Å². The molecule has 0 saturated carbocycles. The van der Waals surface area contributed by atoms with Crippen LogP contribution in [0.4, 0.5) is 5.82 Å². The summed E-state index contributed by atoms with van der Waals surface area (Å²) in [6.45, 7) is 4.80. The van der Waals surface area contributed by atoms with Crippen molar-refractivity contribution in [2.45, 2.75) is 20.4 Å². The number of carbonyl (C=O) groups is 1. The molecule has 2 heterocycles. The van der Waals surface area contributed by atoms with Crippen molar-refractivity contribution in [1.29, 1.82) is 0 Å². The number of hydrogen-bond acceptors (Lipinski definition) is 5. The van der Waals surface area contributed by atoms with Gasteiger partial charge in [0, 0.05) is 12.2 Å². The standard InChI is InChI=1S/C12H16N6O/c1-8-5-9(2)14-11(6-8)15-12(19)10-7-18(4-3-13)17-16-10/h5-7H,3-4,13H2,1-2H3,(H,14,15,19). The van der Waals surface area contributed by atoms with Gasteiger partial charge in [0.05, 0.1) is 12.7 Å². The average molecular weight is 260 g/mol. The minimum Gasteiger partial charge on any atom is -0.329 e. The lowest BCUT2D eigenvalue weighted by Crippen LogP contribution is -2.14. The Balaban J connectivity index is 2.11. The van der Waals surface area contributed by atoms with Gasteiger partial charge in [-0.3, -0.25) is 9.48 Å². The molecule has 1 amide bonds. The van der Waals surface area contributed by atoms with Gasteiger partial charge in [-0.2, -0.15) is 0 Å². The lowest BCUT2D eigenvalue weighted by atomic mass is 10.2. The van der Waals surface area contributed by atoms with E-state index in [-0.39, 0.29) is 11.6 Å². The third kappa shape index (κ3) is 3.35. The van der Waals surface area contributed by atoms with Gasteiger partial charge in [-0.25, -0.2) is 4.98 Å². The van der Waals surface area contributed by atoms with Gasteiger partial charge in [0.2, 0.25) is 0 Å². The second kappa shape index (κ2) is 5.57. The fourth-order valence-electron chi connectivity index (χ4n) is 1.73. The van der Waals surface area contributed by atoms with Crippen molar-refractivity contribution >= 4 is 11.7 Å². The lowest BCUT2D eigenvalue weighted by Gasteiger charge is -2.04. The topological polar surface area (TPSA) is 98.7 Å². The van der Waals surface area contributed by atoms with Gasteiger partial charge in [-0.1, -0.05) is 5.21 Å². The van der Waals surface area contributed by atoms with Crippen LogP contribution < -0.4 is 11.1 Å². The summed E-state index contributed by atoms with van der Waals surface area (Å²) in [4.78, 5) is 16.2. The summed E-state index contributed by atoms with van der Waals surface area (Å²) >= 11 is 0. The van der Waals surface area contributed by atoms with Crippen LogP contribution in [-0.2, 0) is 6.54 Å². The van der Waals surface area contributed by atoms with Crippen LogP contribution in [0, 0.1) is 13.8 Å². The van der Waals surface area contributed by atoms with Crippen molar-refractivity contribution in [2.24, 2.45) is 5.73 Å². The largest absolute Gasteiger partial charge is 0.329 e. The fourth-order valence-corrected chi connectivity index (χ4v) is 1.73. The number of nitrogens with two attached hydrogens (primary N) is 1. The van der Waals surface area contributed by atoms with Gasteiger partial charge in [0.15, 0.2) is 5.69 Å². The van der Waals surface area contributed by atoms with Gasteiger partial charge >= 0.3 is 0 Å². The van der Waals surface area contributed by atoms with Gasteiger partial charge in [0.25, 0.3) is 5.91 Å². The van der Waals surface area contributed by atoms with Crippen LogP contribution in [-0.4, -0.2) is 32.4 Å². The van der Waals surface area contributed by atoms with E-state index in [1.54, 1.807) is 12.3 Å². The summed E-state index contributed by atoms with van der Waals surface area (Å²) in [6.07, 6.45) is 1.56. The van der Waals surface area contributed by atoms with E-state index in [4.69, 9.17) is 5.73 Å². The number of anilines is 1. The second-order valence-electron chi connectivity index (χ2n) is 4.28. The zero-order valence-electron chi connectivity index (χ0n) is 10.9. The predicted molar refractivity (Wildman–Crippen MR) is 70.7 cm³/mol. The van der Waals surface area contributed by atoms with Gasteiger partial charge in [0.1, 0.15) is 5.82 Å². The third-order valence-corrected chi connectivity index (χ3v) is 2.47. The monoisotopic (exact) mass is 260 g/mol. The molecule has 0 aliphatic heterocycles. The number of nitrogens with zero attached hydrogens (tertiary/aromatic N) is 4. The molecule has 2 rings (SSSR count). The van der Waals surface area contributed by atoms with Crippen LogP contribution in [0.2, 0.25) is 0 Å². The second-order valence-corrected chi connectivity index (χ2v) is 4.28. The minimum absolute atomic E-state index is 0.245. The summed E-state index contributed by atoms with van der Waals surface area (Å²) in [7, 11) is 0. The summed E-state index contributed by atoms with van der Waals surface area (Å²) in [5.74, 6) is 0.177. The van der Waals surface area contributed by atoms with Crippen LogP contribution in [0.5, 0.6) is 0 Å². The molecule has 3 N–H and O–H groups in total. The molecule has 0 aromatic carbocycles. The Morgan fingerprint density at radius 3 is 2.89 bits per heavy atom. The molecule has 0 spiro atoms. The Labute approximate surface area is 110 Å². The molecule has 19 heavy (non-hydrogen) atoms. The average Bonchev–Trinajstić information content (AvgIpc) is 2.76. The highest BCUT2D eigenvalue weighted by Crippen LogP contribution is 2.10. The van der Waals surface area contributed by atoms with E-state index in [1.165, 1.54) is 4.68 Å². The van der Waals surface area contributed by atoms with Crippen molar-refractivity contribution < 1.29 is 4.79 Å². The van der Waals surface area contributed by atoms with E-state index >= 15 is 0 Å². The normalized spacial score (nSPS) is 10.5. The number of amides is 1. The Kier molecular flexibility index (Phi) is 3.86. The first-order valence-corrected chi connectivity index (χ1v) is 5.95. The zero-order valence-corrected chi connectivity index (χ0v) is 10.9. The number of nitrogens with one attached hydrogen (secondary N) is 1. The summed E-state index contributed by atoms with van der Waals surface area (Å²) in [5, 5.41) is 10.3. The predicted octanol–water partition coefficient (Wildman–Crippen LogP) is 0.501. The van der Waals surface area contributed by atoms with Crippen molar-refractivity contribution in [1.82, 2.24) is 20.0 Å². The SMILES string of the molecule is Cc1cc(C)nc(NC(=O)c2cn(CCN)nn2)c1. The zero-order chi connectivity index (χ0) is 13.8. The first-order chi connectivity index (χ1) is 9.08. The molecule has 2 aromatic rings. The molecular formula is C12H16N6O. The molecular weight excluding hydrogens is 244 g/mol. The van der Waals surface area contributed by atoms with Crippen molar-refractivity contribution in [3.05, 3.63) is 35.3 Å². The number of hydrogen-bond donors (Lipinski definition) is 2. The molecule has 0 unspecified atom stereocenters. The maximum Gasteiger partial charge on any atom is 0.278 e. The molecule has 2 aromatic heterocycles. The number of aryl methyl sites for hydroxylation is 2. The molecule has 0 atom stereocenters. The summed E-state index contributed by atoms with van der Waals surface area (Å²) < 4.78 is 1.53. The number of aromatic nitrogens is 4. The first kappa shape index (κ1) is 13.2. The Hall–Kier alpha value is -2.28. The number of carbonyl (C=O) groups excluding carboxylic acids is 1. The van der Waals surface area contributed by atoms with E-state index in [0.717, 1.165) is 11.3 Å². The molecule has 7 nitrogen and oxygen atoms in total. The van der Waals surface area contributed by atoms with Crippen LogP contribution in [0.1, 0.15) is 21.7 Å². The molecule has 0 radical (unpaired) electrons. The van der Waals surface area contributed by atoms with Gasteiger partial charge < -0.3 is 11.1 Å². The van der Waals surface area contributed by atoms with E-state index in [9.17, 15) is 4.79 Å². The Bertz CT molecular complexity index is 571. The lowest BCUT2D eigenvalue weighted by molar-refractivity contribution is 0.102. The number of pyridine rings is 1. The smallest absolute Gasteiger partial charge is 0.278 e. The maximum atomic E-state index is 12.0. The van der Waals surface area contributed by atoms with E-state index < -0.39 is 0 Å². The van der Waals surface area contributed by atoms with Crippen LogP contribution in [0.3, 0.4) is 0 Å². The first-order valence-electron chi connectivity index (χ1n) is 5.95. The third-order valence-electron chi connectivity index (χ3n) is 2.47. The molecule has 7 heteroatoms. The molecule has 100 valence electrons. The van der Waals surface area contributed by atoms with Crippen LogP contribution in [0.15, 0.2) is 18.3 Å². The quantitative estimate of drug-likeness (QED) is 0.834. The highest BCUT2D eigenvalue weighted by molar-refractivity contribution is 6.02. The van der Waals surface area contributed by atoms with Crippen LogP contribution in [0.25, 0.3) is 0 Å². The van der Waals surface area contributed by atoms with Crippen LogP contribution >= 0.6 is 0 Å². The summed E-state index contributed by atoms with van der Waals surface area (Å²) in [5.41, 5.74) is 7.53. The Morgan fingerprint density at radius 1 is 1.42 bits per heavy atom. The molecule has 0 aliphatic carbocycles. The molecule has 0 aliphatic rings. The molecule has 0 bridgehead atoms. The Morgan fingerprint density at radius 2 is 2.21 bits per heavy atom. The fraction of sp³-hybridized carbons (Fsp3) is 0.333. The van der Waals surface area contributed by atoms with Gasteiger partial charge in [-0.15, -0.1) is 5.10 Å². The van der Waals surface area contributed by atoms with E-state index in [0.29, 0.717) is 18.9 Å². The van der Waals surface area contributed by atoms with Crippen molar-refractivity contribution in [3.8, 4) is 0 Å². The minimum atomic E-state index is -0.333. The van der Waals surface area contributed by atoms with Crippen molar-refractivity contribution in [3.63, 3.8) is 0 Å². The highest BCUT2D eigenvalue weighted by atomic mass is 16.2. The number of rotatable bonds is 4. The van der Waals surface area contributed by atoms with Gasteiger partial charge in [-0.05, 0) is 31.5 Å². The van der Waals surface area contributed by atoms with E-state index in [2.05, 4.69) is 20.6 Å². The molecule has 0 saturated heterocycles. The van der Waals surface area contributed by atoms with Crippen molar-refractivity contribution in [2.75, 3.05) is 11.9 Å². The highest BCUT2D eigenvalue weighted by Gasteiger charge is 2.11. The summed E-state index contributed by atoms with van der Waals surface area (Å²) in [6, 6.07) is 3.74.